The molecule has 1 amide bonds. The molecule has 0 aliphatic heterocycles. The van der Waals surface area contributed by atoms with Crippen molar-refractivity contribution in [3.63, 3.8) is 0 Å². The van der Waals surface area contributed by atoms with Crippen LogP contribution in [0.3, 0.4) is 0 Å². The molecule has 0 aromatic rings. The zero-order chi connectivity index (χ0) is 15.4. The van der Waals surface area contributed by atoms with E-state index in [0.717, 1.165) is 19.3 Å². The second kappa shape index (κ2) is 6.46. The number of rotatable bonds is 4. The van der Waals surface area contributed by atoms with Gasteiger partial charge in [0.1, 0.15) is 5.60 Å². The molecule has 116 valence electrons. The maximum Gasteiger partial charge on any atom is 0.408 e. The number of aliphatic carboxylic acids is 1. The third kappa shape index (κ3) is 4.39. The fourth-order valence-electron chi connectivity index (χ4n) is 3.05. The van der Waals surface area contributed by atoms with Gasteiger partial charge in [-0.05, 0) is 40.0 Å². The predicted octanol–water partition coefficient (Wildman–Crippen LogP) is 3.32. The molecule has 1 rings (SSSR count). The summed E-state index contributed by atoms with van der Waals surface area (Å²) in [4.78, 5) is 23.6. The lowest BCUT2D eigenvalue weighted by molar-refractivity contribution is -0.145. The molecule has 1 unspecified atom stereocenters. The Bertz CT molecular complexity index is 353. The van der Waals surface area contributed by atoms with Crippen LogP contribution in [0.1, 0.15) is 66.2 Å². The fraction of sp³-hybridized carbons (Fsp3) is 0.867. The number of ether oxygens (including phenoxy) is 1. The molecular weight excluding hydrogens is 258 g/mol. The first kappa shape index (κ1) is 16.8. The number of hydrogen-bond acceptors (Lipinski definition) is 3. The van der Waals surface area contributed by atoms with Crippen molar-refractivity contribution >= 4 is 12.1 Å². The summed E-state index contributed by atoms with van der Waals surface area (Å²) in [6.07, 6.45) is 4.38. The van der Waals surface area contributed by atoms with E-state index in [2.05, 4.69) is 5.32 Å². The van der Waals surface area contributed by atoms with Crippen LogP contribution < -0.4 is 5.32 Å². The number of carbonyl (C=O) groups excluding carboxylic acids is 1. The van der Waals surface area contributed by atoms with Gasteiger partial charge in [0.15, 0.2) is 0 Å². The average molecular weight is 285 g/mol. The predicted molar refractivity (Wildman–Crippen MR) is 76.6 cm³/mol. The molecule has 0 radical (unpaired) electrons. The van der Waals surface area contributed by atoms with E-state index in [1.165, 1.54) is 0 Å². The molecule has 0 aromatic heterocycles. The van der Waals surface area contributed by atoms with Crippen LogP contribution in [0.4, 0.5) is 4.79 Å². The van der Waals surface area contributed by atoms with Gasteiger partial charge in [0.2, 0.25) is 0 Å². The summed E-state index contributed by atoms with van der Waals surface area (Å²) in [5, 5.41) is 12.3. The molecule has 5 nitrogen and oxygen atoms in total. The van der Waals surface area contributed by atoms with Crippen LogP contribution in [-0.4, -0.2) is 28.3 Å². The zero-order valence-corrected chi connectivity index (χ0v) is 13.0. The molecule has 1 fully saturated rings. The van der Waals surface area contributed by atoms with Crippen molar-refractivity contribution in [2.45, 2.75) is 77.4 Å². The average Bonchev–Trinajstić information content (AvgIpc) is 2.27. The first-order valence-corrected chi connectivity index (χ1v) is 7.44. The molecule has 5 heteroatoms. The Morgan fingerprint density at radius 2 is 1.80 bits per heavy atom. The summed E-state index contributed by atoms with van der Waals surface area (Å²) < 4.78 is 5.30. The quantitative estimate of drug-likeness (QED) is 0.830. The first-order chi connectivity index (χ1) is 9.20. The van der Waals surface area contributed by atoms with E-state index in [0.29, 0.717) is 19.3 Å². The lowest BCUT2D eigenvalue weighted by Crippen LogP contribution is -2.57. The summed E-state index contributed by atoms with van der Waals surface area (Å²) in [7, 11) is 0. The molecule has 0 spiro atoms. The van der Waals surface area contributed by atoms with Gasteiger partial charge in [0, 0.05) is 0 Å². The van der Waals surface area contributed by atoms with Crippen LogP contribution in [0.25, 0.3) is 0 Å². The van der Waals surface area contributed by atoms with Crippen LogP contribution in [0.2, 0.25) is 0 Å². The Balaban J connectivity index is 2.88. The van der Waals surface area contributed by atoms with Gasteiger partial charge in [-0.15, -0.1) is 0 Å². The van der Waals surface area contributed by atoms with Gasteiger partial charge in [-0.25, -0.2) is 4.79 Å². The molecule has 1 aliphatic rings. The van der Waals surface area contributed by atoms with Gasteiger partial charge in [-0.1, -0.05) is 26.2 Å². The minimum absolute atomic E-state index is 0.505. The molecule has 0 aromatic carbocycles. The molecule has 0 heterocycles. The van der Waals surface area contributed by atoms with Crippen molar-refractivity contribution < 1.29 is 19.4 Å². The topological polar surface area (TPSA) is 75.6 Å². The Labute approximate surface area is 121 Å². The first-order valence-electron chi connectivity index (χ1n) is 7.44. The van der Waals surface area contributed by atoms with Crippen LogP contribution in [-0.2, 0) is 9.53 Å². The number of carboxylic acids is 1. The molecule has 20 heavy (non-hydrogen) atoms. The Morgan fingerprint density at radius 1 is 1.25 bits per heavy atom. The van der Waals surface area contributed by atoms with Crippen LogP contribution in [0, 0.1) is 5.92 Å². The molecule has 2 N–H and O–H groups in total. The van der Waals surface area contributed by atoms with Gasteiger partial charge >= 0.3 is 12.1 Å². The number of carboxylic acid groups (broad SMARTS) is 1. The summed E-state index contributed by atoms with van der Waals surface area (Å²) in [6, 6.07) is 0. The summed E-state index contributed by atoms with van der Waals surface area (Å²) in [5.74, 6) is -1.40. The van der Waals surface area contributed by atoms with Crippen molar-refractivity contribution in [3.8, 4) is 0 Å². The highest BCUT2D eigenvalue weighted by molar-refractivity contribution is 5.75. The van der Waals surface area contributed by atoms with E-state index < -0.39 is 29.1 Å². The normalized spacial score (nSPS) is 20.0. The fourth-order valence-corrected chi connectivity index (χ4v) is 3.05. The number of amides is 1. The van der Waals surface area contributed by atoms with E-state index >= 15 is 0 Å². The van der Waals surface area contributed by atoms with Crippen molar-refractivity contribution in [1.29, 1.82) is 0 Å². The lowest BCUT2D eigenvalue weighted by atomic mass is 9.71. The second-order valence-electron chi connectivity index (χ2n) is 6.64. The third-order valence-electron chi connectivity index (χ3n) is 3.87. The maximum absolute atomic E-state index is 12.0. The summed E-state index contributed by atoms with van der Waals surface area (Å²) in [5.41, 5.74) is -1.24. The highest BCUT2D eigenvalue weighted by Gasteiger charge is 2.44. The van der Waals surface area contributed by atoms with E-state index in [1.54, 1.807) is 20.8 Å². The zero-order valence-electron chi connectivity index (χ0n) is 13.0. The van der Waals surface area contributed by atoms with Gasteiger partial charge in [-0.3, -0.25) is 4.79 Å². The van der Waals surface area contributed by atoms with E-state index in [4.69, 9.17) is 4.74 Å². The van der Waals surface area contributed by atoms with Crippen molar-refractivity contribution in [1.82, 2.24) is 5.32 Å². The molecular formula is C15H27NO4. The van der Waals surface area contributed by atoms with Crippen LogP contribution in [0.5, 0.6) is 0 Å². The van der Waals surface area contributed by atoms with Gasteiger partial charge in [0.05, 0.1) is 11.5 Å². The summed E-state index contributed by atoms with van der Waals surface area (Å²) in [6.45, 7) is 7.25. The molecule has 1 saturated carbocycles. The monoisotopic (exact) mass is 285 g/mol. The van der Waals surface area contributed by atoms with Crippen LogP contribution >= 0.6 is 0 Å². The SMILES string of the molecule is CCC(C(=O)O)C1(NC(=O)OC(C)(C)C)CCCCC1. The third-order valence-corrected chi connectivity index (χ3v) is 3.87. The minimum atomic E-state index is -0.842. The Morgan fingerprint density at radius 3 is 2.20 bits per heavy atom. The Hall–Kier alpha value is -1.26. The molecule has 1 atom stereocenters. The Kier molecular flexibility index (Phi) is 5.42. The maximum atomic E-state index is 12.0. The molecule has 0 saturated heterocycles. The summed E-state index contributed by atoms with van der Waals surface area (Å²) >= 11 is 0. The van der Waals surface area contributed by atoms with E-state index in [1.807, 2.05) is 6.92 Å². The number of nitrogens with one attached hydrogen (secondary N) is 1. The van der Waals surface area contributed by atoms with Crippen molar-refractivity contribution in [2.24, 2.45) is 5.92 Å². The highest BCUT2D eigenvalue weighted by atomic mass is 16.6. The van der Waals surface area contributed by atoms with E-state index in [9.17, 15) is 14.7 Å². The lowest BCUT2D eigenvalue weighted by Gasteiger charge is -2.42. The molecule has 1 aliphatic carbocycles. The number of hydrogen-bond donors (Lipinski definition) is 2. The standard InChI is InChI=1S/C15H27NO4/c1-5-11(12(17)18)15(9-7-6-8-10-15)16-13(19)20-14(2,3)4/h11H,5-10H2,1-4H3,(H,16,19)(H,17,18). The van der Waals surface area contributed by atoms with Crippen molar-refractivity contribution in [2.75, 3.05) is 0 Å². The second-order valence-corrected chi connectivity index (χ2v) is 6.64. The van der Waals surface area contributed by atoms with Crippen LogP contribution in [0.15, 0.2) is 0 Å². The highest BCUT2D eigenvalue weighted by Crippen LogP contribution is 2.36. The van der Waals surface area contributed by atoms with Crippen molar-refractivity contribution in [3.05, 3.63) is 0 Å². The largest absolute Gasteiger partial charge is 0.481 e. The van der Waals surface area contributed by atoms with Gasteiger partial charge in [0.25, 0.3) is 0 Å². The molecule has 0 bridgehead atoms. The number of alkyl carbamates (subject to hydrolysis) is 1. The number of carbonyl (C=O) groups is 2. The van der Waals surface area contributed by atoms with Gasteiger partial charge < -0.3 is 15.2 Å². The minimum Gasteiger partial charge on any atom is -0.481 e. The van der Waals surface area contributed by atoms with Gasteiger partial charge in [-0.2, -0.15) is 0 Å². The van der Waals surface area contributed by atoms with E-state index in [-0.39, 0.29) is 0 Å². The smallest absolute Gasteiger partial charge is 0.408 e.